The number of aliphatic carboxylic acids is 1. The van der Waals surface area contributed by atoms with Crippen molar-refractivity contribution < 1.29 is 19.4 Å². The van der Waals surface area contributed by atoms with Crippen LogP contribution in [-0.4, -0.2) is 28.7 Å². The van der Waals surface area contributed by atoms with Crippen LogP contribution >= 0.6 is 0 Å². The van der Waals surface area contributed by atoms with Gasteiger partial charge in [0.15, 0.2) is 0 Å². The Balaban J connectivity index is 2.01. The minimum absolute atomic E-state index is 0.0876. The van der Waals surface area contributed by atoms with Gasteiger partial charge in [-0.2, -0.15) is 0 Å². The van der Waals surface area contributed by atoms with Crippen molar-refractivity contribution in [3.63, 3.8) is 0 Å². The van der Waals surface area contributed by atoms with Crippen molar-refractivity contribution in [3.05, 3.63) is 59.3 Å². The molecule has 0 saturated heterocycles. The van der Waals surface area contributed by atoms with E-state index in [2.05, 4.69) is 16.8 Å². The Morgan fingerprint density at radius 1 is 1.18 bits per heavy atom. The molecule has 0 atom stereocenters. The van der Waals surface area contributed by atoms with E-state index in [4.69, 9.17) is 9.84 Å². The van der Waals surface area contributed by atoms with E-state index in [-0.39, 0.29) is 12.3 Å². The van der Waals surface area contributed by atoms with Crippen molar-refractivity contribution in [2.45, 2.75) is 33.2 Å². The maximum absolute atomic E-state index is 13.1. The van der Waals surface area contributed by atoms with Gasteiger partial charge in [0.05, 0.1) is 19.1 Å². The number of nitrogens with zero attached hydrogens (tertiary/aromatic N) is 1. The van der Waals surface area contributed by atoms with Gasteiger partial charge in [0.2, 0.25) is 0 Å². The fourth-order valence-electron chi connectivity index (χ4n) is 3.51. The smallest absolute Gasteiger partial charge is 0.307 e. The molecule has 28 heavy (non-hydrogen) atoms. The second kappa shape index (κ2) is 8.17. The first kappa shape index (κ1) is 19.5. The summed E-state index contributed by atoms with van der Waals surface area (Å²) in [6.45, 7) is 4.86. The number of anilines is 1. The number of nitrogens with one attached hydrogen (secondary N) is 1. The highest BCUT2D eigenvalue weighted by Gasteiger charge is 2.20. The zero-order valence-corrected chi connectivity index (χ0v) is 16.3. The standard InChI is InChI=1S/C22H24N2O4/c1-4-10-24-14(2)21(18-13-17(28-3)8-9-19(18)24)22(27)23-16-7-5-6-15(11-16)12-20(25)26/h5-9,11,13H,4,10,12H2,1-3H3,(H,23,27)(H,25,26). The summed E-state index contributed by atoms with van der Waals surface area (Å²) in [6, 6.07) is 12.7. The Bertz CT molecular complexity index is 1040. The molecule has 0 unspecified atom stereocenters. The minimum Gasteiger partial charge on any atom is -0.497 e. The van der Waals surface area contributed by atoms with Gasteiger partial charge in [0.25, 0.3) is 5.91 Å². The summed E-state index contributed by atoms with van der Waals surface area (Å²) >= 11 is 0. The van der Waals surface area contributed by atoms with Crippen LogP contribution in [0.4, 0.5) is 5.69 Å². The molecule has 3 aromatic rings. The van der Waals surface area contributed by atoms with Gasteiger partial charge in [-0.05, 0) is 49.2 Å². The molecule has 6 nitrogen and oxygen atoms in total. The zero-order chi connectivity index (χ0) is 20.3. The molecule has 0 aliphatic heterocycles. The lowest BCUT2D eigenvalue weighted by Crippen LogP contribution is -2.14. The number of carbonyl (C=O) groups excluding carboxylic acids is 1. The van der Waals surface area contributed by atoms with Crippen molar-refractivity contribution >= 4 is 28.5 Å². The lowest BCUT2D eigenvalue weighted by Gasteiger charge is -2.08. The van der Waals surface area contributed by atoms with Gasteiger partial charge in [-0.3, -0.25) is 9.59 Å². The van der Waals surface area contributed by atoms with E-state index in [1.807, 2.05) is 25.1 Å². The van der Waals surface area contributed by atoms with Crippen LogP contribution in [0.5, 0.6) is 5.75 Å². The number of carbonyl (C=O) groups is 2. The summed E-state index contributed by atoms with van der Waals surface area (Å²) in [6.07, 6.45) is 0.866. The van der Waals surface area contributed by atoms with E-state index in [9.17, 15) is 9.59 Å². The second-order valence-corrected chi connectivity index (χ2v) is 6.72. The average Bonchev–Trinajstić information content (AvgIpc) is 2.93. The molecule has 0 radical (unpaired) electrons. The number of methoxy groups -OCH3 is 1. The lowest BCUT2D eigenvalue weighted by atomic mass is 10.1. The third-order valence-corrected chi connectivity index (χ3v) is 4.75. The first-order valence-electron chi connectivity index (χ1n) is 9.23. The van der Waals surface area contributed by atoms with E-state index in [0.29, 0.717) is 22.6 Å². The van der Waals surface area contributed by atoms with Gasteiger partial charge in [-0.15, -0.1) is 0 Å². The summed E-state index contributed by atoms with van der Waals surface area (Å²) < 4.78 is 7.48. The Labute approximate surface area is 163 Å². The maximum Gasteiger partial charge on any atom is 0.307 e. The first-order chi connectivity index (χ1) is 13.4. The van der Waals surface area contributed by atoms with Crippen LogP contribution in [0.15, 0.2) is 42.5 Å². The summed E-state index contributed by atoms with van der Waals surface area (Å²) in [5, 5.41) is 12.7. The highest BCUT2D eigenvalue weighted by molar-refractivity contribution is 6.14. The number of aromatic nitrogens is 1. The third kappa shape index (κ3) is 3.86. The van der Waals surface area contributed by atoms with E-state index in [1.54, 1.807) is 31.4 Å². The number of carboxylic acid groups (broad SMARTS) is 1. The topological polar surface area (TPSA) is 80.6 Å². The summed E-state index contributed by atoms with van der Waals surface area (Å²) in [5.74, 6) is -0.439. The van der Waals surface area contributed by atoms with Gasteiger partial charge in [0, 0.05) is 28.8 Å². The van der Waals surface area contributed by atoms with E-state index in [0.717, 1.165) is 29.6 Å². The van der Waals surface area contributed by atoms with Crippen LogP contribution in [0.3, 0.4) is 0 Å². The Kier molecular flexibility index (Phi) is 5.68. The Morgan fingerprint density at radius 3 is 2.64 bits per heavy atom. The fourth-order valence-corrected chi connectivity index (χ4v) is 3.51. The number of hydrogen-bond donors (Lipinski definition) is 2. The molecule has 1 aromatic heterocycles. The van der Waals surface area contributed by atoms with E-state index >= 15 is 0 Å². The molecule has 0 aliphatic rings. The molecule has 0 bridgehead atoms. The maximum atomic E-state index is 13.1. The van der Waals surface area contributed by atoms with Crippen molar-refractivity contribution in [1.82, 2.24) is 4.57 Å². The van der Waals surface area contributed by atoms with Crippen LogP contribution < -0.4 is 10.1 Å². The zero-order valence-electron chi connectivity index (χ0n) is 16.3. The van der Waals surface area contributed by atoms with Crippen molar-refractivity contribution in [1.29, 1.82) is 0 Å². The quantitative estimate of drug-likeness (QED) is 0.642. The van der Waals surface area contributed by atoms with E-state index < -0.39 is 5.97 Å². The van der Waals surface area contributed by atoms with Crippen molar-refractivity contribution in [3.8, 4) is 5.75 Å². The molecule has 1 amide bonds. The van der Waals surface area contributed by atoms with Gasteiger partial charge in [-0.25, -0.2) is 0 Å². The van der Waals surface area contributed by atoms with Crippen LogP contribution in [0.1, 0.15) is 35.0 Å². The van der Waals surface area contributed by atoms with Gasteiger partial charge >= 0.3 is 5.97 Å². The SMILES string of the molecule is CCCn1c(C)c(C(=O)Nc2cccc(CC(=O)O)c2)c2cc(OC)ccc21. The predicted octanol–water partition coefficient (Wildman–Crippen LogP) is 4.25. The molecule has 2 aromatic carbocycles. The molecular weight excluding hydrogens is 356 g/mol. The van der Waals surface area contributed by atoms with Crippen molar-refractivity contribution in [2.75, 3.05) is 12.4 Å². The van der Waals surface area contributed by atoms with Gasteiger partial charge < -0.3 is 19.7 Å². The molecule has 2 N–H and O–H groups in total. The van der Waals surface area contributed by atoms with Crippen LogP contribution in [-0.2, 0) is 17.8 Å². The molecular formula is C22H24N2O4. The highest BCUT2D eigenvalue weighted by atomic mass is 16.5. The molecule has 0 aliphatic carbocycles. The highest BCUT2D eigenvalue weighted by Crippen LogP contribution is 2.30. The average molecular weight is 380 g/mol. The summed E-state index contributed by atoms with van der Waals surface area (Å²) in [7, 11) is 1.60. The number of benzene rings is 2. The van der Waals surface area contributed by atoms with E-state index in [1.165, 1.54) is 0 Å². The first-order valence-corrected chi connectivity index (χ1v) is 9.23. The van der Waals surface area contributed by atoms with Gasteiger partial charge in [0.1, 0.15) is 5.75 Å². The summed E-state index contributed by atoms with van der Waals surface area (Å²) in [5.41, 5.74) is 3.69. The predicted molar refractivity (Wildman–Crippen MR) is 109 cm³/mol. The third-order valence-electron chi connectivity index (χ3n) is 4.75. The summed E-state index contributed by atoms with van der Waals surface area (Å²) in [4.78, 5) is 24.1. The minimum atomic E-state index is -0.908. The number of amides is 1. The fraction of sp³-hybridized carbons (Fsp3) is 0.273. The number of aryl methyl sites for hydroxylation is 1. The van der Waals surface area contributed by atoms with Crippen LogP contribution in [0.2, 0.25) is 0 Å². The molecule has 0 spiro atoms. The molecule has 0 saturated carbocycles. The number of ether oxygens (including phenoxy) is 1. The lowest BCUT2D eigenvalue weighted by molar-refractivity contribution is -0.136. The largest absolute Gasteiger partial charge is 0.497 e. The number of hydrogen-bond acceptors (Lipinski definition) is 3. The Hall–Kier alpha value is -3.28. The van der Waals surface area contributed by atoms with Gasteiger partial charge in [-0.1, -0.05) is 19.1 Å². The van der Waals surface area contributed by atoms with Crippen LogP contribution in [0.25, 0.3) is 10.9 Å². The number of rotatable bonds is 7. The van der Waals surface area contributed by atoms with Crippen molar-refractivity contribution in [2.24, 2.45) is 0 Å². The molecule has 3 rings (SSSR count). The monoisotopic (exact) mass is 380 g/mol. The molecule has 146 valence electrons. The second-order valence-electron chi connectivity index (χ2n) is 6.72. The molecule has 1 heterocycles. The molecule has 6 heteroatoms. The number of carboxylic acids is 1. The Morgan fingerprint density at radius 2 is 1.96 bits per heavy atom. The molecule has 0 fully saturated rings. The normalized spacial score (nSPS) is 10.8. The van der Waals surface area contributed by atoms with Crippen LogP contribution in [0, 0.1) is 6.92 Å². The number of fused-ring (bicyclic) bond motifs is 1.